The van der Waals surface area contributed by atoms with Crippen molar-refractivity contribution in [3.05, 3.63) is 72.1 Å². The largest absolute Gasteiger partial charge is 0.490 e. The molecule has 292 valence electrons. The van der Waals surface area contributed by atoms with Crippen LogP contribution >= 0.6 is 0 Å². The summed E-state index contributed by atoms with van der Waals surface area (Å²) in [6.45, 7) is 8.60. The number of aliphatic hydroxyl groups excluding tert-OH is 2. The zero-order valence-corrected chi connectivity index (χ0v) is 30.4. The van der Waals surface area contributed by atoms with Gasteiger partial charge in [-0.05, 0) is 74.1 Å². The first-order chi connectivity index (χ1) is 26.3. The van der Waals surface area contributed by atoms with E-state index in [4.69, 9.17) is 28.9 Å². The number of ether oxygens (including phenoxy) is 4. The molecule has 1 saturated carbocycles. The fraction of sp³-hybridized carbons (Fsp3) is 0.564. The summed E-state index contributed by atoms with van der Waals surface area (Å²) in [4.78, 5) is 31.2. The van der Waals surface area contributed by atoms with Crippen LogP contribution in [0.4, 0.5) is 0 Å². The first kappa shape index (κ1) is 39.1. The number of fused-ring (bicyclic) bond motifs is 2. The van der Waals surface area contributed by atoms with E-state index in [2.05, 4.69) is 29.5 Å². The highest BCUT2D eigenvalue weighted by atomic mass is 16.8. The first-order valence-corrected chi connectivity index (χ1v) is 18.8. The molecule has 7 unspecified atom stereocenters. The number of aliphatic hydroxyl groups is 2. The van der Waals surface area contributed by atoms with Gasteiger partial charge in [0.25, 0.3) is 0 Å². The maximum Gasteiger partial charge on any atom is 0.359 e. The zero-order valence-electron chi connectivity index (χ0n) is 30.4. The second-order valence-corrected chi connectivity index (χ2v) is 14.1. The van der Waals surface area contributed by atoms with Gasteiger partial charge in [0.1, 0.15) is 24.1 Å². The molecule has 2 aliphatic carbocycles. The van der Waals surface area contributed by atoms with Gasteiger partial charge in [-0.3, -0.25) is 0 Å². The normalized spacial score (nSPS) is 27.9. The molecule has 54 heavy (non-hydrogen) atoms. The number of aromatic carboxylic acids is 2. The van der Waals surface area contributed by atoms with Crippen molar-refractivity contribution in [3.63, 3.8) is 0 Å². The number of carboxylic acids is 2. The summed E-state index contributed by atoms with van der Waals surface area (Å²) in [6, 6.07) is 4.45. The SMILES string of the molecule is C=CCOc1ccc2c(c1)C1C(CCCCO)C(CCCCO)C=C3C(=NOC4CCCCO4)CC(n4nnc(C(=O)O)c4C(=O)O)C(OCC=C)(O2)C31. The summed E-state index contributed by atoms with van der Waals surface area (Å²) in [7, 11) is 0. The smallest absolute Gasteiger partial charge is 0.359 e. The number of benzene rings is 1. The minimum absolute atomic E-state index is 0.000248. The van der Waals surface area contributed by atoms with Crippen LogP contribution in [0.25, 0.3) is 0 Å². The molecular formula is C39H50N4O11. The number of nitrogens with zero attached hydrogens (tertiary/aromatic N) is 4. The van der Waals surface area contributed by atoms with Crippen molar-refractivity contribution < 1.29 is 53.8 Å². The molecular weight excluding hydrogens is 700 g/mol. The Morgan fingerprint density at radius 3 is 2.50 bits per heavy atom. The number of hydrogen-bond acceptors (Lipinski definition) is 12. The van der Waals surface area contributed by atoms with Crippen LogP contribution in [0, 0.1) is 17.8 Å². The summed E-state index contributed by atoms with van der Waals surface area (Å²) in [6.07, 6.45) is 11.5. The van der Waals surface area contributed by atoms with Crippen molar-refractivity contribution in [2.24, 2.45) is 22.9 Å². The number of hydrogen-bond donors (Lipinski definition) is 4. The summed E-state index contributed by atoms with van der Waals surface area (Å²) < 4.78 is 26.8. The van der Waals surface area contributed by atoms with Gasteiger partial charge in [-0.25, -0.2) is 14.3 Å². The minimum Gasteiger partial charge on any atom is -0.490 e. The topological polar surface area (TPSA) is 204 Å². The number of allylic oxidation sites excluding steroid dienone is 1. The third-order valence-corrected chi connectivity index (χ3v) is 10.8. The monoisotopic (exact) mass is 750 g/mol. The van der Waals surface area contributed by atoms with Gasteiger partial charge in [-0.1, -0.05) is 48.0 Å². The zero-order chi connectivity index (χ0) is 38.2. The van der Waals surface area contributed by atoms with Crippen molar-refractivity contribution in [2.45, 2.75) is 88.2 Å². The van der Waals surface area contributed by atoms with Gasteiger partial charge in [0, 0.05) is 37.5 Å². The summed E-state index contributed by atoms with van der Waals surface area (Å²) in [5, 5.41) is 52.7. The highest BCUT2D eigenvalue weighted by Gasteiger charge is 2.65. The quantitative estimate of drug-likeness (QED) is 0.0822. The van der Waals surface area contributed by atoms with E-state index in [-0.39, 0.29) is 50.6 Å². The standard InChI is InChI=1S/C39H50N4O11/c1-3-18-50-25-14-15-30-28(22-25)33-26(12-6-9-17-45)24(11-5-8-16-44)21-27-29(41-54-32-13-7-10-20-51-32)23-31(39(53-30,34(27)33)52-19-4-2)43-36(38(48)49)35(37(46)47)40-42-43/h3-4,14-15,21-22,24,26,31-34,44-45H,1-2,5-13,16-20,23H2,(H,46,47)(H,48,49). The lowest BCUT2D eigenvalue weighted by molar-refractivity contribution is -0.252. The Hall–Kier alpha value is -4.57. The van der Waals surface area contributed by atoms with Gasteiger partial charge >= 0.3 is 11.9 Å². The van der Waals surface area contributed by atoms with E-state index in [0.29, 0.717) is 43.1 Å². The molecule has 1 aromatic heterocycles. The van der Waals surface area contributed by atoms with E-state index >= 15 is 0 Å². The Morgan fingerprint density at radius 2 is 1.81 bits per heavy atom. The van der Waals surface area contributed by atoms with Crippen molar-refractivity contribution in [1.82, 2.24) is 15.0 Å². The molecule has 1 aromatic carbocycles. The number of carbonyl (C=O) groups is 2. The highest BCUT2D eigenvalue weighted by Crippen LogP contribution is 2.63. The lowest BCUT2D eigenvalue weighted by Gasteiger charge is -2.58. The second kappa shape index (κ2) is 17.7. The summed E-state index contributed by atoms with van der Waals surface area (Å²) >= 11 is 0. The molecule has 2 aromatic rings. The van der Waals surface area contributed by atoms with Crippen LogP contribution in [0.15, 0.2) is 60.3 Å². The van der Waals surface area contributed by atoms with Crippen LogP contribution in [-0.2, 0) is 14.3 Å². The molecule has 0 radical (unpaired) electrons. The highest BCUT2D eigenvalue weighted by molar-refractivity contribution is 6.03. The lowest BCUT2D eigenvalue weighted by Crippen LogP contribution is -2.63. The first-order valence-electron chi connectivity index (χ1n) is 18.8. The predicted molar refractivity (Wildman–Crippen MR) is 195 cm³/mol. The molecule has 4 N–H and O–H groups in total. The van der Waals surface area contributed by atoms with Crippen LogP contribution < -0.4 is 9.47 Å². The average Bonchev–Trinajstić information content (AvgIpc) is 3.63. The van der Waals surface area contributed by atoms with Gasteiger partial charge in [-0.15, -0.1) is 11.7 Å². The molecule has 4 aliphatic rings. The van der Waals surface area contributed by atoms with Crippen LogP contribution in [0.2, 0.25) is 0 Å². The Kier molecular flexibility index (Phi) is 12.8. The fourth-order valence-electron chi connectivity index (χ4n) is 8.59. The molecule has 0 amide bonds. The molecule has 1 saturated heterocycles. The van der Waals surface area contributed by atoms with Crippen molar-refractivity contribution >= 4 is 17.7 Å². The van der Waals surface area contributed by atoms with Crippen LogP contribution in [-0.4, -0.2) is 98.2 Å². The number of oxime groups is 1. The van der Waals surface area contributed by atoms with E-state index in [9.17, 15) is 30.0 Å². The third-order valence-electron chi connectivity index (χ3n) is 10.8. The Morgan fingerprint density at radius 1 is 1.04 bits per heavy atom. The third kappa shape index (κ3) is 7.81. The minimum atomic E-state index is -1.67. The predicted octanol–water partition coefficient (Wildman–Crippen LogP) is 5.27. The molecule has 15 heteroatoms. The number of rotatable bonds is 19. The maximum atomic E-state index is 12.8. The van der Waals surface area contributed by atoms with E-state index in [0.717, 1.165) is 54.3 Å². The number of carboxylic acid groups (broad SMARTS) is 2. The Labute approximate surface area is 313 Å². The van der Waals surface area contributed by atoms with Gasteiger partial charge in [-0.2, -0.15) is 0 Å². The summed E-state index contributed by atoms with van der Waals surface area (Å²) in [5.74, 6) is -4.68. The maximum absolute atomic E-state index is 12.8. The van der Waals surface area contributed by atoms with Crippen LogP contribution in [0.3, 0.4) is 0 Å². The molecule has 7 atom stereocenters. The van der Waals surface area contributed by atoms with Crippen molar-refractivity contribution in [3.8, 4) is 11.5 Å². The number of unbranched alkanes of at least 4 members (excludes halogenated alkanes) is 2. The molecule has 3 heterocycles. The molecule has 15 nitrogen and oxygen atoms in total. The molecule has 6 rings (SSSR count). The van der Waals surface area contributed by atoms with Crippen LogP contribution in [0.5, 0.6) is 11.5 Å². The average molecular weight is 751 g/mol. The fourth-order valence-corrected chi connectivity index (χ4v) is 8.59. The van der Waals surface area contributed by atoms with Gasteiger partial charge in [0.2, 0.25) is 17.8 Å². The lowest BCUT2D eigenvalue weighted by atomic mass is 9.55. The Bertz CT molecular complexity index is 1730. The van der Waals surface area contributed by atoms with Gasteiger partial charge < -0.3 is 44.2 Å². The Balaban J connectivity index is 1.62. The molecule has 0 spiro atoms. The van der Waals surface area contributed by atoms with E-state index < -0.39 is 47.4 Å². The molecule has 0 bridgehead atoms. The van der Waals surface area contributed by atoms with E-state index in [1.807, 2.05) is 6.07 Å². The van der Waals surface area contributed by atoms with Gasteiger partial charge in [0.15, 0.2) is 5.69 Å². The van der Waals surface area contributed by atoms with Gasteiger partial charge in [0.05, 0.1) is 24.8 Å². The second-order valence-electron chi connectivity index (χ2n) is 14.1. The van der Waals surface area contributed by atoms with E-state index in [1.165, 1.54) is 0 Å². The summed E-state index contributed by atoms with van der Waals surface area (Å²) in [5.41, 5.74) is 0.791. The molecule has 2 aliphatic heterocycles. The van der Waals surface area contributed by atoms with Crippen LogP contribution in [0.1, 0.15) is 103 Å². The number of aromatic nitrogens is 3. The molecule has 2 fully saturated rings. The van der Waals surface area contributed by atoms with E-state index in [1.54, 1.807) is 24.3 Å². The van der Waals surface area contributed by atoms with Crippen molar-refractivity contribution in [2.75, 3.05) is 33.0 Å². The van der Waals surface area contributed by atoms with Crippen molar-refractivity contribution in [1.29, 1.82) is 0 Å².